The number of aromatic nitrogens is 1. The molecule has 1 atom stereocenters. The summed E-state index contributed by atoms with van der Waals surface area (Å²) >= 11 is 0. The minimum atomic E-state index is -0.620. The Bertz CT molecular complexity index is 736. The smallest absolute Gasteiger partial charge is 0.315 e. The minimum absolute atomic E-state index is 0.235. The zero-order chi connectivity index (χ0) is 16.2. The van der Waals surface area contributed by atoms with Crippen molar-refractivity contribution in [2.75, 3.05) is 11.9 Å². The highest BCUT2D eigenvalue weighted by Gasteiger charge is 2.26. The Morgan fingerprint density at radius 1 is 1.35 bits per heavy atom. The molecule has 3 amide bonds. The molecule has 2 heterocycles. The van der Waals surface area contributed by atoms with Crippen molar-refractivity contribution in [3.05, 3.63) is 48.4 Å². The highest BCUT2D eigenvalue weighted by atomic mass is 19.1. The van der Waals surface area contributed by atoms with E-state index < -0.39 is 11.9 Å². The van der Waals surface area contributed by atoms with Crippen LogP contribution in [0.2, 0.25) is 0 Å². The van der Waals surface area contributed by atoms with Crippen molar-refractivity contribution in [3.8, 4) is 11.6 Å². The lowest BCUT2D eigenvalue weighted by atomic mass is 10.3. The summed E-state index contributed by atoms with van der Waals surface area (Å²) in [4.78, 5) is 26.9. The molecule has 0 aliphatic carbocycles. The van der Waals surface area contributed by atoms with E-state index in [4.69, 9.17) is 4.74 Å². The van der Waals surface area contributed by atoms with Gasteiger partial charge in [-0.15, -0.1) is 0 Å². The lowest BCUT2D eigenvalue weighted by molar-refractivity contribution is -0.117. The molecule has 2 aromatic rings. The number of pyridine rings is 1. The van der Waals surface area contributed by atoms with E-state index in [0.717, 1.165) is 0 Å². The molecule has 3 rings (SSSR count). The van der Waals surface area contributed by atoms with Gasteiger partial charge in [-0.3, -0.25) is 4.79 Å². The number of hydrogen-bond acceptors (Lipinski definition) is 4. The molecule has 0 bridgehead atoms. The lowest BCUT2D eigenvalue weighted by Crippen LogP contribution is -2.38. The number of rotatable bonds is 4. The molecule has 1 aliphatic heterocycles. The number of amides is 3. The maximum atomic E-state index is 13.1. The largest absolute Gasteiger partial charge is 0.439 e. The third-order valence-electron chi connectivity index (χ3n) is 3.11. The summed E-state index contributed by atoms with van der Waals surface area (Å²) < 4.78 is 18.5. The zero-order valence-corrected chi connectivity index (χ0v) is 11.9. The second kappa shape index (κ2) is 6.30. The molecule has 1 aromatic carbocycles. The Hall–Kier alpha value is -3.16. The molecule has 1 aliphatic rings. The van der Waals surface area contributed by atoms with Crippen LogP contribution in [0.4, 0.5) is 14.9 Å². The maximum Gasteiger partial charge on any atom is 0.315 e. The van der Waals surface area contributed by atoms with Gasteiger partial charge in [0.1, 0.15) is 17.6 Å². The highest BCUT2D eigenvalue weighted by molar-refractivity contribution is 5.98. The summed E-state index contributed by atoms with van der Waals surface area (Å²) in [5.41, 5.74) is 0.461. The van der Waals surface area contributed by atoms with Gasteiger partial charge in [-0.2, -0.15) is 0 Å². The van der Waals surface area contributed by atoms with Crippen molar-refractivity contribution in [1.82, 2.24) is 15.6 Å². The first-order valence-corrected chi connectivity index (χ1v) is 6.85. The van der Waals surface area contributed by atoms with Crippen LogP contribution in [0.3, 0.4) is 0 Å². The molecule has 118 valence electrons. The molecule has 0 saturated carbocycles. The van der Waals surface area contributed by atoms with Crippen LogP contribution in [-0.4, -0.2) is 29.5 Å². The number of carbonyl (C=O) groups is 2. The molecule has 1 saturated heterocycles. The zero-order valence-electron chi connectivity index (χ0n) is 11.9. The van der Waals surface area contributed by atoms with Gasteiger partial charge in [-0.1, -0.05) is 6.07 Å². The molecule has 0 radical (unpaired) electrons. The van der Waals surface area contributed by atoms with E-state index in [1.807, 2.05) is 0 Å². The van der Waals surface area contributed by atoms with Crippen LogP contribution in [0, 0.1) is 5.82 Å². The summed E-state index contributed by atoms with van der Waals surface area (Å²) in [6.07, 6.45) is 1.41. The van der Waals surface area contributed by atoms with Crippen molar-refractivity contribution in [1.29, 1.82) is 0 Å². The van der Waals surface area contributed by atoms with Crippen molar-refractivity contribution in [2.24, 2.45) is 0 Å². The number of halogens is 1. The van der Waals surface area contributed by atoms with E-state index in [1.54, 1.807) is 18.2 Å². The van der Waals surface area contributed by atoms with Crippen LogP contribution in [0.25, 0.3) is 0 Å². The molecular weight excluding hydrogens is 303 g/mol. The Labute approximate surface area is 130 Å². The van der Waals surface area contributed by atoms with Crippen molar-refractivity contribution in [3.63, 3.8) is 0 Å². The first kappa shape index (κ1) is 14.8. The summed E-state index contributed by atoms with van der Waals surface area (Å²) in [6.45, 7) is 0.235. The summed E-state index contributed by atoms with van der Waals surface area (Å²) in [6, 6.07) is 7.85. The number of nitrogens with zero attached hydrogens (tertiary/aromatic N) is 1. The summed E-state index contributed by atoms with van der Waals surface area (Å²) in [5.74, 6) is -0.152. The fraction of sp³-hybridized carbons (Fsp3) is 0.133. The Balaban J connectivity index is 1.60. The number of anilines is 1. The molecule has 8 heteroatoms. The van der Waals surface area contributed by atoms with E-state index in [-0.39, 0.29) is 24.4 Å². The fourth-order valence-electron chi connectivity index (χ4n) is 2.01. The molecular formula is C15H13FN4O3. The van der Waals surface area contributed by atoms with Gasteiger partial charge in [-0.25, -0.2) is 14.2 Å². The van der Waals surface area contributed by atoms with Gasteiger partial charge in [0.25, 0.3) is 0 Å². The number of benzene rings is 1. The standard InChI is InChI=1S/C15H13FN4O3/c16-9-2-1-3-11(6-9)23-13-5-4-10(7-17-13)19-14(21)12-8-18-15(22)20-12/h1-7,12H,8H2,(H,19,21)(H2,18,20,22)/t12-/m0/s1. The Morgan fingerprint density at radius 2 is 2.22 bits per heavy atom. The van der Waals surface area contributed by atoms with E-state index in [2.05, 4.69) is 20.9 Å². The molecule has 23 heavy (non-hydrogen) atoms. The average Bonchev–Trinajstić information content (AvgIpc) is 2.96. The Morgan fingerprint density at radius 3 is 2.87 bits per heavy atom. The average molecular weight is 316 g/mol. The van der Waals surface area contributed by atoms with Crippen LogP contribution in [0.15, 0.2) is 42.6 Å². The molecule has 0 unspecified atom stereocenters. The second-order valence-electron chi connectivity index (χ2n) is 4.84. The van der Waals surface area contributed by atoms with Crippen molar-refractivity contribution in [2.45, 2.75) is 6.04 Å². The van der Waals surface area contributed by atoms with Crippen LogP contribution in [0.1, 0.15) is 0 Å². The van der Waals surface area contributed by atoms with Crippen LogP contribution in [-0.2, 0) is 4.79 Å². The third-order valence-corrected chi connectivity index (χ3v) is 3.11. The fourth-order valence-corrected chi connectivity index (χ4v) is 2.01. The molecule has 0 spiro atoms. The summed E-state index contributed by atoms with van der Waals surface area (Å²) in [7, 11) is 0. The molecule has 7 nitrogen and oxygen atoms in total. The Kier molecular flexibility index (Phi) is 4.05. The van der Waals surface area contributed by atoms with Gasteiger partial charge in [0.05, 0.1) is 11.9 Å². The van der Waals surface area contributed by atoms with Gasteiger partial charge in [0.2, 0.25) is 11.8 Å². The number of hydrogen-bond donors (Lipinski definition) is 3. The van der Waals surface area contributed by atoms with Gasteiger partial charge in [-0.05, 0) is 18.2 Å². The van der Waals surface area contributed by atoms with Crippen molar-refractivity contribution >= 4 is 17.6 Å². The van der Waals surface area contributed by atoms with E-state index >= 15 is 0 Å². The van der Waals surface area contributed by atoms with Gasteiger partial charge < -0.3 is 20.7 Å². The first-order chi connectivity index (χ1) is 11.1. The van der Waals surface area contributed by atoms with Crippen LogP contribution in [0.5, 0.6) is 11.6 Å². The van der Waals surface area contributed by atoms with E-state index in [9.17, 15) is 14.0 Å². The number of nitrogens with one attached hydrogen (secondary N) is 3. The van der Waals surface area contributed by atoms with Crippen molar-refractivity contribution < 1.29 is 18.7 Å². The second-order valence-corrected chi connectivity index (χ2v) is 4.84. The lowest BCUT2D eigenvalue weighted by Gasteiger charge is -2.10. The van der Waals surface area contributed by atoms with E-state index in [0.29, 0.717) is 11.4 Å². The quantitative estimate of drug-likeness (QED) is 0.799. The molecule has 1 fully saturated rings. The predicted molar refractivity (Wildman–Crippen MR) is 79.7 cm³/mol. The SMILES string of the molecule is O=C1NC[C@@H](C(=O)Nc2ccc(Oc3cccc(F)c3)nc2)N1. The number of ether oxygens (including phenoxy) is 1. The third kappa shape index (κ3) is 3.73. The normalized spacial score (nSPS) is 16.4. The monoisotopic (exact) mass is 316 g/mol. The summed E-state index contributed by atoms with van der Waals surface area (Å²) in [5, 5.41) is 7.61. The van der Waals surface area contributed by atoms with Crippen LogP contribution < -0.4 is 20.7 Å². The van der Waals surface area contributed by atoms with Gasteiger partial charge in [0, 0.05) is 18.7 Å². The van der Waals surface area contributed by atoms with Gasteiger partial charge in [0.15, 0.2) is 0 Å². The predicted octanol–water partition coefficient (Wildman–Crippen LogP) is 1.63. The maximum absolute atomic E-state index is 13.1. The first-order valence-electron chi connectivity index (χ1n) is 6.85. The van der Waals surface area contributed by atoms with Gasteiger partial charge >= 0.3 is 6.03 Å². The number of urea groups is 1. The minimum Gasteiger partial charge on any atom is -0.439 e. The number of carbonyl (C=O) groups excluding carboxylic acids is 2. The van der Waals surface area contributed by atoms with Crippen LogP contribution >= 0.6 is 0 Å². The van der Waals surface area contributed by atoms with E-state index in [1.165, 1.54) is 24.4 Å². The topological polar surface area (TPSA) is 92.4 Å². The molecule has 3 N–H and O–H groups in total. The highest BCUT2D eigenvalue weighted by Crippen LogP contribution is 2.21. The molecule has 1 aromatic heterocycles.